The van der Waals surface area contributed by atoms with Crippen LogP contribution in [0.1, 0.15) is 37.0 Å². The number of fused-ring (bicyclic) bond motifs is 1. The van der Waals surface area contributed by atoms with Gasteiger partial charge in [-0.15, -0.1) is 11.3 Å². The molecule has 148 valence electrons. The molecular weight excluding hydrogens is 376 g/mol. The van der Waals surface area contributed by atoms with Crippen LogP contribution in [-0.4, -0.2) is 36.1 Å². The molecule has 2 heterocycles. The zero-order valence-corrected chi connectivity index (χ0v) is 16.7. The van der Waals surface area contributed by atoms with Crippen LogP contribution < -0.4 is 14.8 Å². The van der Waals surface area contributed by atoms with Gasteiger partial charge in [-0.2, -0.15) is 0 Å². The monoisotopic (exact) mass is 400 g/mol. The highest BCUT2D eigenvalue weighted by atomic mass is 32.1. The van der Waals surface area contributed by atoms with Gasteiger partial charge in [0.1, 0.15) is 5.54 Å². The van der Waals surface area contributed by atoms with E-state index in [0.29, 0.717) is 36.4 Å². The number of nitrogens with zero attached hydrogens (tertiary/aromatic N) is 1. The number of thiophene rings is 1. The van der Waals surface area contributed by atoms with Gasteiger partial charge in [-0.1, -0.05) is 25.3 Å². The molecule has 0 radical (unpaired) electrons. The number of rotatable bonds is 5. The Bertz CT molecular complexity index is 859. The van der Waals surface area contributed by atoms with Crippen LogP contribution >= 0.6 is 11.3 Å². The normalized spacial score (nSPS) is 17.2. The Balaban J connectivity index is 1.54. The molecule has 0 spiro atoms. The summed E-state index contributed by atoms with van der Waals surface area (Å²) in [6.45, 7) is 0.191. The first-order valence-electron chi connectivity index (χ1n) is 9.59. The van der Waals surface area contributed by atoms with Gasteiger partial charge in [0, 0.05) is 23.7 Å². The molecule has 6 nitrogen and oxygen atoms in total. The summed E-state index contributed by atoms with van der Waals surface area (Å²) in [6, 6.07) is 9.25. The lowest BCUT2D eigenvalue weighted by Crippen LogP contribution is -2.58. The maximum Gasteiger partial charge on any atom is 0.250 e. The van der Waals surface area contributed by atoms with Crippen LogP contribution in [0, 0.1) is 0 Å². The third-order valence-corrected chi connectivity index (χ3v) is 6.53. The number of anilines is 1. The summed E-state index contributed by atoms with van der Waals surface area (Å²) in [5.74, 6) is 1.14. The predicted molar refractivity (Wildman–Crippen MR) is 108 cm³/mol. The third-order valence-electron chi connectivity index (χ3n) is 5.66. The summed E-state index contributed by atoms with van der Waals surface area (Å²) in [5, 5.41) is 4.97. The fourth-order valence-corrected chi connectivity index (χ4v) is 4.69. The number of ether oxygens (including phenoxy) is 2. The van der Waals surface area contributed by atoms with Crippen LogP contribution in [0.4, 0.5) is 5.69 Å². The Morgan fingerprint density at radius 1 is 1.14 bits per heavy atom. The van der Waals surface area contributed by atoms with Crippen molar-refractivity contribution in [1.29, 1.82) is 0 Å². The lowest BCUT2D eigenvalue weighted by atomic mass is 9.79. The molecular formula is C21H24N2O4S. The van der Waals surface area contributed by atoms with E-state index in [4.69, 9.17) is 9.47 Å². The molecule has 2 aromatic rings. The first kappa shape index (κ1) is 18.8. The Kier molecular flexibility index (Phi) is 5.26. The van der Waals surface area contributed by atoms with Crippen molar-refractivity contribution in [2.24, 2.45) is 0 Å². The number of amides is 2. The SMILES string of the molecule is CN(C(=O)Cc1cccs1)C1(C(=O)Nc2ccc3c(c2)OCO3)CCCCC1. The van der Waals surface area contributed by atoms with Gasteiger partial charge in [0.15, 0.2) is 11.5 Å². The van der Waals surface area contributed by atoms with Gasteiger partial charge in [-0.3, -0.25) is 9.59 Å². The molecule has 0 unspecified atom stereocenters. The zero-order valence-electron chi connectivity index (χ0n) is 15.9. The molecule has 2 aliphatic rings. The molecule has 1 fully saturated rings. The summed E-state index contributed by atoms with van der Waals surface area (Å²) in [7, 11) is 1.76. The van der Waals surface area contributed by atoms with Gasteiger partial charge in [0.25, 0.3) is 0 Å². The number of likely N-dealkylation sites (N-methyl/N-ethyl adjacent to an activating group) is 1. The summed E-state index contributed by atoms with van der Waals surface area (Å²) in [4.78, 5) is 29.0. The van der Waals surface area contributed by atoms with Crippen LogP contribution in [0.5, 0.6) is 11.5 Å². The van der Waals surface area contributed by atoms with Crippen LogP contribution in [-0.2, 0) is 16.0 Å². The number of nitrogens with one attached hydrogen (secondary N) is 1. The van der Waals surface area contributed by atoms with E-state index in [2.05, 4.69) is 5.32 Å². The van der Waals surface area contributed by atoms with E-state index < -0.39 is 5.54 Å². The van der Waals surface area contributed by atoms with Crippen molar-refractivity contribution >= 4 is 28.8 Å². The van der Waals surface area contributed by atoms with E-state index in [1.807, 2.05) is 17.5 Å². The summed E-state index contributed by atoms with van der Waals surface area (Å²) in [5.41, 5.74) is -0.165. The molecule has 7 heteroatoms. The largest absolute Gasteiger partial charge is 0.454 e. The minimum absolute atomic E-state index is 0.0230. The molecule has 28 heavy (non-hydrogen) atoms. The van der Waals surface area contributed by atoms with Crippen molar-refractivity contribution in [2.75, 3.05) is 19.2 Å². The molecule has 0 bridgehead atoms. The van der Waals surface area contributed by atoms with Crippen molar-refractivity contribution in [1.82, 2.24) is 4.90 Å². The number of carbonyl (C=O) groups excluding carboxylic acids is 2. The Labute approximate surface area is 168 Å². The van der Waals surface area contributed by atoms with Crippen molar-refractivity contribution in [3.05, 3.63) is 40.6 Å². The number of hydrogen-bond donors (Lipinski definition) is 1. The fourth-order valence-electron chi connectivity index (χ4n) is 3.99. The van der Waals surface area contributed by atoms with E-state index in [9.17, 15) is 9.59 Å². The Morgan fingerprint density at radius 2 is 1.93 bits per heavy atom. The van der Waals surface area contributed by atoms with Crippen LogP contribution in [0.25, 0.3) is 0 Å². The minimum atomic E-state index is -0.817. The maximum atomic E-state index is 13.4. The first-order chi connectivity index (χ1) is 13.6. The van der Waals surface area contributed by atoms with Crippen molar-refractivity contribution in [3.8, 4) is 11.5 Å². The van der Waals surface area contributed by atoms with Crippen LogP contribution in [0.3, 0.4) is 0 Å². The first-order valence-corrected chi connectivity index (χ1v) is 10.5. The molecule has 1 aromatic carbocycles. The lowest BCUT2D eigenvalue weighted by molar-refractivity contribution is -0.145. The quantitative estimate of drug-likeness (QED) is 0.829. The van der Waals surface area contributed by atoms with E-state index in [1.54, 1.807) is 41.5 Å². The second kappa shape index (κ2) is 7.83. The van der Waals surface area contributed by atoms with Gasteiger partial charge in [-0.05, 0) is 36.4 Å². The van der Waals surface area contributed by atoms with E-state index in [0.717, 1.165) is 24.1 Å². The van der Waals surface area contributed by atoms with Gasteiger partial charge in [0.2, 0.25) is 18.6 Å². The molecule has 2 amide bonds. The van der Waals surface area contributed by atoms with Crippen molar-refractivity contribution in [2.45, 2.75) is 44.1 Å². The second-order valence-corrected chi connectivity index (χ2v) is 8.36. The molecule has 1 aromatic heterocycles. The molecule has 1 saturated carbocycles. The van der Waals surface area contributed by atoms with Crippen molar-refractivity contribution < 1.29 is 19.1 Å². The van der Waals surface area contributed by atoms with Gasteiger partial charge >= 0.3 is 0 Å². The lowest BCUT2D eigenvalue weighted by Gasteiger charge is -2.43. The van der Waals surface area contributed by atoms with E-state index in [-0.39, 0.29) is 18.6 Å². The highest BCUT2D eigenvalue weighted by molar-refractivity contribution is 7.10. The Hall–Kier alpha value is -2.54. The standard InChI is InChI=1S/C21H24N2O4S/c1-23(19(24)13-16-6-5-11-28-16)21(9-3-2-4-10-21)20(25)22-15-7-8-17-18(12-15)27-14-26-17/h5-8,11-12H,2-4,9-10,13-14H2,1H3,(H,22,25). The van der Waals surface area contributed by atoms with E-state index in [1.165, 1.54) is 0 Å². The smallest absolute Gasteiger partial charge is 0.250 e. The molecule has 0 atom stereocenters. The summed E-state index contributed by atoms with van der Waals surface area (Å²) >= 11 is 1.56. The number of hydrogen-bond acceptors (Lipinski definition) is 5. The highest BCUT2D eigenvalue weighted by Crippen LogP contribution is 2.37. The average Bonchev–Trinajstić information content (AvgIpc) is 3.39. The highest BCUT2D eigenvalue weighted by Gasteiger charge is 2.45. The third kappa shape index (κ3) is 3.58. The number of carbonyl (C=O) groups is 2. The van der Waals surface area contributed by atoms with Gasteiger partial charge < -0.3 is 19.7 Å². The van der Waals surface area contributed by atoms with Crippen molar-refractivity contribution in [3.63, 3.8) is 0 Å². The van der Waals surface area contributed by atoms with Gasteiger partial charge in [-0.25, -0.2) is 0 Å². The Morgan fingerprint density at radius 3 is 2.68 bits per heavy atom. The van der Waals surface area contributed by atoms with Crippen LogP contribution in [0.2, 0.25) is 0 Å². The number of benzene rings is 1. The topological polar surface area (TPSA) is 67.9 Å². The maximum absolute atomic E-state index is 13.4. The van der Waals surface area contributed by atoms with E-state index >= 15 is 0 Å². The predicted octanol–water partition coefficient (Wildman–Crippen LogP) is 3.82. The zero-order chi connectivity index (χ0) is 19.6. The average molecular weight is 401 g/mol. The molecule has 4 rings (SSSR count). The van der Waals surface area contributed by atoms with Gasteiger partial charge in [0.05, 0.1) is 6.42 Å². The molecule has 1 N–H and O–H groups in total. The fraction of sp³-hybridized carbons (Fsp3) is 0.429. The molecule has 1 aliphatic carbocycles. The minimum Gasteiger partial charge on any atom is -0.454 e. The van der Waals surface area contributed by atoms with Crippen LogP contribution in [0.15, 0.2) is 35.7 Å². The second-order valence-electron chi connectivity index (χ2n) is 7.32. The summed E-state index contributed by atoms with van der Waals surface area (Å²) in [6.07, 6.45) is 4.64. The molecule has 1 aliphatic heterocycles. The summed E-state index contributed by atoms with van der Waals surface area (Å²) < 4.78 is 10.7. The molecule has 0 saturated heterocycles.